The van der Waals surface area contributed by atoms with Crippen molar-refractivity contribution in [1.29, 1.82) is 0 Å². The van der Waals surface area contributed by atoms with Crippen LogP contribution in [0.1, 0.15) is 52.4 Å². The second-order valence-corrected chi connectivity index (χ2v) is 12.0. The molecule has 3 spiro atoms. The van der Waals surface area contributed by atoms with Crippen molar-refractivity contribution in [3.63, 3.8) is 0 Å². The van der Waals surface area contributed by atoms with Crippen LogP contribution in [0, 0.1) is 34.5 Å². The third kappa shape index (κ3) is 2.49. The predicted molar refractivity (Wildman–Crippen MR) is 113 cm³/mol. The minimum Gasteiger partial charge on any atom is -0.393 e. The van der Waals surface area contributed by atoms with E-state index < -0.39 is 35.1 Å². The van der Waals surface area contributed by atoms with Crippen molar-refractivity contribution >= 4 is 0 Å². The van der Waals surface area contributed by atoms with E-state index >= 15 is 4.39 Å². The SMILES string of the molecule is C[C@]12C(CCC13OCCO3)C1C[C@H](O)[C@H]3CC4(CC[C@]3(C)C1C1(OCCO1)C2F)OCCO4. The summed E-state index contributed by atoms with van der Waals surface area (Å²) in [5.41, 5.74) is -1.22. The van der Waals surface area contributed by atoms with Gasteiger partial charge in [0.1, 0.15) is 0 Å². The summed E-state index contributed by atoms with van der Waals surface area (Å²) >= 11 is 0. The highest BCUT2D eigenvalue weighted by Gasteiger charge is 2.80. The molecule has 0 bridgehead atoms. The molecule has 186 valence electrons. The summed E-state index contributed by atoms with van der Waals surface area (Å²) in [6, 6.07) is 0. The van der Waals surface area contributed by atoms with Crippen LogP contribution in [-0.4, -0.2) is 74.4 Å². The van der Waals surface area contributed by atoms with Crippen molar-refractivity contribution in [3.05, 3.63) is 0 Å². The molecule has 0 aromatic rings. The molecule has 1 N–H and O–H groups in total. The van der Waals surface area contributed by atoms with E-state index in [0.717, 1.165) is 19.3 Å². The molecule has 8 atom stereocenters. The van der Waals surface area contributed by atoms with E-state index in [-0.39, 0.29) is 29.1 Å². The highest BCUT2D eigenvalue weighted by Crippen LogP contribution is 2.74. The van der Waals surface area contributed by atoms with Crippen LogP contribution < -0.4 is 0 Å². The van der Waals surface area contributed by atoms with Crippen LogP contribution in [0.3, 0.4) is 0 Å². The summed E-state index contributed by atoms with van der Waals surface area (Å²) < 4.78 is 54.3. The van der Waals surface area contributed by atoms with Crippen molar-refractivity contribution in [2.75, 3.05) is 39.6 Å². The van der Waals surface area contributed by atoms with Gasteiger partial charge in [0.05, 0.1) is 51.2 Å². The smallest absolute Gasteiger partial charge is 0.204 e. The zero-order chi connectivity index (χ0) is 22.7. The monoisotopic (exact) mass is 468 g/mol. The van der Waals surface area contributed by atoms with Crippen molar-refractivity contribution in [2.24, 2.45) is 34.5 Å². The van der Waals surface area contributed by atoms with E-state index in [1.807, 2.05) is 6.92 Å². The first-order valence-corrected chi connectivity index (χ1v) is 13.0. The van der Waals surface area contributed by atoms with Gasteiger partial charge >= 0.3 is 0 Å². The molecule has 4 unspecified atom stereocenters. The molecule has 7 fully saturated rings. The Morgan fingerprint density at radius 1 is 0.788 bits per heavy atom. The van der Waals surface area contributed by atoms with Gasteiger partial charge in [0, 0.05) is 25.2 Å². The molecule has 7 aliphatic rings. The fraction of sp³-hybridized carbons (Fsp3) is 1.00. The lowest BCUT2D eigenvalue weighted by molar-refractivity contribution is -0.379. The average Bonchev–Trinajstić information content (AvgIpc) is 3.59. The minimum absolute atomic E-state index is 0.0383. The minimum atomic E-state index is -1.37. The van der Waals surface area contributed by atoms with E-state index in [0.29, 0.717) is 58.9 Å². The van der Waals surface area contributed by atoms with Crippen LogP contribution >= 0.6 is 0 Å². The third-order valence-corrected chi connectivity index (χ3v) is 11.1. The standard InChI is InChI=1S/C25H37FO7/c1-21-5-6-23(28-7-8-29-23)14-17(21)18(27)13-15-16-3-4-24(30-9-10-31-24)22(16,2)20(26)25(19(15)21)32-11-12-33-25/h15-20,27H,3-14H2,1-2H3/t15?,16?,17-,18+,19?,20?,21+,22-/m1/s1. The molecule has 7 rings (SSSR count). The zero-order valence-electron chi connectivity index (χ0n) is 19.7. The molecular weight excluding hydrogens is 431 g/mol. The number of alkyl halides is 1. The first-order valence-electron chi connectivity index (χ1n) is 13.0. The normalized spacial score (nSPS) is 53.5. The Morgan fingerprint density at radius 2 is 1.42 bits per heavy atom. The topological polar surface area (TPSA) is 75.6 Å². The lowest BCUT2D eigenvalue weighted by Crippen LogP contribution is -2.74. The molecule has 4 aliphatic carbocycles. The number of halogens is 1. The second-order valence-electron chi connectivity index (χ2n) is 12.0. The molecule has 0 amide bonds. The lowest BCUT2D eigenvalue weighted by atomic mass is 9.42. The first kappa shape index (κ1) is 21.9. The molecule has 33 heavy (non-hydrogen) atoms. The molecule has 3 heterocycles. The van der Waals surface area contributed by atoms with Gasteiger partial charge in [-0.3, -0.25) is 0 Å². The van der Waals surface area contributed by atoms with Crippen LogP contribution in [0.5, 0.6) is 0 Å². The van der Waals surface area contributed by atoms with E-state index in [1.54, 1.807) is 0 Å². The summed E-state index contributed by atoms with van der Waals surface area (Å²) in [6.07, 6.45) is 2.42. The highest BCUT2D eigenvalue weighted by molar-refractivity contribution is 5.23. The van der Waals surface area contributed by atoms with Gasteiger partial charge in [-0.25, -0.2) is 4.39 Å². The van der Waals surface area contributed by atoms with Crippen molar-refractivity contribution < 1.29 is 37.9 Å². The molecule has 7 nitrogen and oxygen atoms in total. The number of rotatable bonds is 0. The summed E-state index contributed by atoms with van der Waals surface area (Å²) in [4.78, 5) is 0. The zero-order valence-corrected chi connectivity index (χ0v) is 19.7. The van der Waals surface area contributed by atoms with Gasteiger partial charge in [-0.1, -0.05) is 13.8 Å². The number of aliphatic hydroxyl groups excluding tert-OH is 1. The molecule has 0 aromatic heterocycles. The number of aliphatic hydroxyl groups is 1. The Labute approximate surface area is 194 Å². The molecule has 3 saturated heterocycles. The quantitative estimate of drug-likeness (QED) is 0.586. The van der Waals surface area contributed by atoms with Crippen molar-refractivity contribution in [2.45, 2.75) is 82.0 Å². The molecule has 8 heteroatoms. The van der Waals surface area contributed by atoms with E-state index in [1.165, 1.54) is 0 Å². The Balaban J connectivity index is 1.34. The Hall–Kier alpha value is -0.350. The fourth-order valence-corrected chi connectivity index (χ4v) is 9.75. The van der Waals surface area contributed by atoms with Crippen LogP contribution in [0.15, 0.2) is 0 Å². The van der Waals surface area contributed by atoms with Gasteiger partial charge in [-0.2, -0.15) is 0 Å². The molecule has 3 aliphatic heterocycles. The second kappa shape index (κ2) is 6.90. The van der Waals surface area contributed by atoms with E-state index in [4.69, 9.17) is 28.4 Å². The first-order chi connectivity index (χ1) is 15.8. The molecular formula is C25H37FO7. The van der Waals surface area contributed by atoms with Crippen LogP contribution in [0.2, 0.25) is 0 Å². The summed E-state index contributed by atoms with van der Waals surface area (Å²) in [6.45, 7) is 7.16. The van der Waals surface area contributed by atoms with E-state index in [2.05, 4.69) is 6.92 Å². The van der Waals surface area contributed by atoms with Crippen molar-refractivity contribution in [3.8, 4) is 0 Å². The summed E-state index contributed by atoms with van der Waals surface area (Å²) in [7, 11) is 0. The lowest BCUT2D eigenvalue weighted by Gasteiger charge is -2.67. The average molecular weight is 469 g/mol. The van der Waals surface area contributed by atoms with Crippen LogP contribution in [0.25, 0.3) is 0 Å². The number of fused-ring (bicyclic) bond motifs is 7. The maximum Gasteiger partial charge on any atom is 0.204 e. The maximum absolute atomic E-state index is 17.1. The maximum atomic E-state index is 17.1. The van der Waals surface area contributed by atoms with Crippen LogP contribution in [0.4, 0.5) is 4.39 Å². The number of hydrogen-bond donors (Lipinski definition) is 1. The number of ether oxygens (including phenoxy) is 6. The third-order valence-electron chi connectivity index (χ3n) is 11.1. The molecule has 0 radical (unpaired) electrons. The van der Waals surface area contributed by atoms with Crippen LogP contribution in [-0.2, 0) is 28.4 Å². The molecule has 4 saturated carbocycles. The Bertz CT molecular complexity index is 805. The van der Waals surface area contributed by atoms with Gasteiger partial charge in [0.15, 0.2) is 17.7 Å². The Morgan fingerprint density at radius 3 is 2.12 bits per heavy atom. The predicted octanol–water partition coefficient (Wildman–Crippen LogP) is 2.79. The Kier molecular flexibility index (Phi) is 4.58. The number of hydrogen-bond acceptors (Lipinski definition) is 7. The highest BCUT2D eigenvalue weighted by atomic mass is 19.1. The van der Waals surface area contributed by atoms with Crippen molar-refractivity contribution in [1.82, 2.24) is 0 Å². The van der Waals surface area contributed by atoms with Gasteiger partial charge in [0.2, 0.25) is 5.79 Å². The molecule has 0 aromatic carbocycles. The van der Waals surface area contributed by atoms with Gasteiger partial charge in [0.25, 0.3) is 0 Å². The van der Waals surface area contributed by atoms with Gasteiger partial charge in [-0.15, -0.1) is 0 Å². The van der Waals surface area contributed by atoms with E-state index in [9.17, 15) is 5.11 Å². The summed E-state index contributed by atoms with van der Waals surface area (Å²) in [5.74, 6) is -2.97. The largest absolute Gasteiger partial charge is 0.393 e. The van der Waals surface area contributed by atoms with Gasteiger partial charge in [-0.05, 0) is 42.4 Å². The van der Waals surface area contributed by atoms with Gasteiger partial charge < -0.3 is 33.5 Å². The fourth-order valence-electron chi connectivity index (χ4n) is 9.75. The summed E-state index contributed by atoms with van der Waals surface area (Å²) in [5, 5.41) is 11.6.